The minimum atomic E-state index is -0.270. The van der Waals surface area contributed by atoms with Crippen LogP contribution in [-0.4, -0.2) is 73.5 Å². The quantitative estimate of drug-likeness (QED) is 0.770. The van der Waals surface area contributed by atoms with E-state index in [1.807, 2.05) is 0 Å². The molecule has 0 aromatic carbocycles. The largest absolute Gasteiger partial charge is 0.353 e. The van der Waals surface area contributed by atoms with E-state index >= 15 is 0 Å². The second kappa shape index (κ2) is 8.11. The predicted octanol–water partition coefficient (Wildman–Crippen LogP) is 0.435. The first kappa shape index (κ1) is 18.2. The zero-order chi connectivity index (χ0) is 16.9. The van der Waals surface area contributed by atoms with Gasteiger partial charge in [-0.15, -0.1) is 0 Å². The third-order valence-corrected chi connectivity index (χ3v) is 4.49. The summed E-state index contributed by atoms with van der Waals surface area (Å²) in [4.78, 5) is 29.0. The summed E-state index contributed by atoms with van der Waals surface area (Å²) in [5, 5.41) is 6.35. The molecule has 2 N–H and O–H groups in total. The topological polar surface area (TPSA) is 64.7 Å². The molecule has 0 aromatic heterocycles. The molecule has 2 rings (SSSR count). The van der Waals surface area contributed by atoms with E-state index in [1.54, 1.807) is 4.90 Å². The number of nitrogens with one attached hydrogen (secondary N) is 2. The molecular formula is C17H32N4O2. The molecule has 132 valence electrons. The lowest BCUT2D eigenvalue weighted by Crippen LogP contribution is -2.49. The number of carbonyl (C=O) groups excluding carboxylic acids is 2. The summed E-state index contributed by atoms with van der Waals surface area (Å²) in [5.74, 6) is 0.122. The molecule has 2 fully saturated rings. The molecule has 6 nitrogen and oxygen atoms in total. The van der Waals surface area contributed by atoms with Crippen molar-refractivity contribution in [1.82, 2.24) is 20.4 Å². The first-order valence-corrected chi connectivity index (χ1v) is 8.87. The molecule has 2 saturated heterocycles. The molecule has 0 bridgehead atoms. The third-order valence-electron chi connectivity index (χ3n) is 4.49. The average Bonchev–Trinajstić information content (AvgIpc) is 2.96. The number of piperazine rings is 1. The molecule has 1 atom stereocenters. The van der Waals surface area contributed by atoms with Crippen molar-refractivity contribution in [3.63, 3.8) is 0 Å². The first-order chi connectivity index (χ1) is 10.9. The van der Waals surface area contributed by atoms with Crippen molar-refractivity contribution in [3.8, 4) is 0 Å². The molecule has 0 spiro atoms. The van der Waals surface area contributed by atoms with Crippen LogP contribution >= 0.6 is 0 Å². The first-order valence-electron chi connectivity index (χ1n) is 8.87. The van der Waals surface area contributed by atoms with Gasteiger partial charge in [0.05, 0.1) is 0 Å². The van der Waals surface area contributed by atoms with Crippen molar-refractivity contribution < 1.29 is 9.59 Å². The molecule has 2 aliphatic rings. The van der Waals surface area contributed by atoms with Crippen LogP contribution in [0.4, 0.5) is 0 Å². The van der Waals surface area contributed by atoms with Crippen molar-refractivity contribution in [3.05, 3.63) is 0 Å². The summed E-state index contributed by atoms with van der Waals surface area (Å²) in [7, 11) is 0. The minimum Gasteiger partial charge on any atom is -0.353 e. The van der Waals surface area contributed by atoms with Gasteiger partial charge < -0.3 is 15.5 Å². The van der Waals surface area contributed by atoms with E-state index in [9.17, 15) is 9.59 Å². The molecule has 2 heterocycles. The van der Waals surface area contributed by atoms with Gasteiger partial charge in [0.25, 0.3) is 0 Å². The van der Waals surface area contributed by atoms with Gasteiger partial charge in [0.15, 0.2) is 0 Å². The number of likely N-dealkylation sites (tertiary alicyclic amines) is 1. The lowest BCUT2D eigenvalue weighted by Gasteiger charge is -2.29. The number of amides is 2. The predicted molar refractivity (Wildman–Crippen MR) is 91.1 cm³/mol. The van der Waals surface area contributed by atoms with Gasteiger partial charge in [0.2, 0.25) is 11.8 Å². The second-order valence-electron chi connectivity index (χ2n) is 7.87. The molecule has 2 amide bonds. The van der Waals surface area contributed by atoms with Crippen LogP contribution < -0.4 is 10.6 Å². The van der Waals surface area contributed by atoms with E-state index < -0.39 is 0 Å². The van der Waals surface area contributed by atoms with Crippen LogP contribution in [-0.2, 0) is 9.59 Å². The lowest BCUT2D eigenvalue weighted by atomic mass is 9.91. The Bertz CT molecular complexity index is 413. The van der Waals surface area contributed by atoms with Gasteiger partial charge in [-0.25, -0.2) is 0 Å². The van der Waals surface area contributed by atoms with Crippen LogP contribution in [0.3, 0.4) is 0 Å². The number of nitrogens with zero attached hydrogens (tertiary/aromatic N) is 2. The van der Waals surface area contributed by atoms with Crippen molar-refractivity contribution in [2.45, 2.75) is 46.1 Å². The molecule has 2 aliphatic heterocycles. The maximum absolute atomic E-state index is 12.4. The van der Waals surface area contributed by atoms with Crippen LogP contribution in [0.2, 0.25) is 0 Å². The van der Waals surface area contributed by atoms with Crippen molar-refractivity contribution >= 4 is 11.8 Å². The monoisotopic (exact) mass is 324 g/mol. The summed E-state index contributed by atoms with van der Waals surface area (Å²) in [6.07, 6.45) is 2.21. The molecule has 0 aromatic rings. The highest BCUT2D eigenvalue weighted by Gasteiger charge is 2.35. The second-order valence-corrected chi connectivity index (χ2v) is 7.87. The molecule has 1 unspecified atom stereocenters. The van der Waals surface area contributed by atoms with E-state index in [2.05, 4.69) is 36.3 Å². The highest BCUT2D eigenvalue weighted by molar-refractivity contribution is 5.88. The zero-order valence-electron chi connectivity index (χ0n) is 14.9. The van der Waals surface area contributed by atoms with Gasteiger partial charge in [0.1, 0.15) is 6.04 Å². The minimum absolute atomic E-state index is 0.0138. The Labute approximate surface area is 140 Å². The molecular weight excluding hydrogens is 292 g/mol. The maximum Gasteiger partial charge on any atom is 0.242 e. The number of rotatable bonds is 5. The van der Waals surface area contributed by atoms with Gasteiger partial charge in [-0.2, -0.15) is 0 Å². The summed E-state index contributed by atoms with van der Waals surface area (Å²) >= 11 is 0. The van der Waals surface area contributed by atoms with Crippen molar-refractivity contribution in [1.29, 1.82) is 0 Å². The Morgan fingerprint density at radius 3 is 2.52 bits per heavy atom. The fraction of sp³-hybridized carbons (Fsp3) is 0.882. The third kappa shape index (κ3) is 5.77. The Morgan fingerprint density at radius 2 is 1.87 bits per heavy atom. The Kier molecular flexibility index (Phi) is 6.41. The number of hydrogen-bond acceptors (Lipinski definition) is 4. The van der Waals surface area contributed by atoms with Crippen molar-refractivity contribution in [2.24, 2.45) is 5.41 Å². The highest BCUT2D eigenvalue weighted by atomic mass is 16.2. The van der Waals surface area contributed by atoms with Gasteiger partial charge in [-0.1, -0.05) is 20.8 Å². The highest BCUT2D eigenvalue weighted by Crippen LogP contribution is 2.24. The van der Waals surface area contributed by atoms with Crippen molar-refractivity contribution in [2.75, 3.05) is 45.8 Å². The summed E-state index contributed by atoms with van der Waals surface area (Å²) in [6.45, 7) is 12.6. The van der Waals surface area contributed by atoms with E-state index in [4.69, 9.17) is 0 Å². The molecule has 0 aliphatic carbocycles. The van der Waals surface area contributed by atoms with E-state index in [0.29, 0.717) is 19.5 Å². The SMILES string of the molecule is CC(C)(C)CC(=O)N1CCCC1C(=O)NCCN1CCNCC1. The smallest absolute Gasteiger partial charge is 0.242 e. The summed E-state index contributed by atoms with van der Waals surface area (Å²) in [5.41, 5.74) is -0.0387. The number of hydrogen-bond donors (Lipinski definition) is 2. The van der Waals surface area contributed by atoms with Crippen LogP contribution in [0.25, 0.3) is 0 Å². The van der Waals surface area contributed by atoms with Gasteiger partial charge >= 0.3 is 0 Å². The van der Waals surface area contributed by atoms with Gasteiger partial charge in [-0.3, -0.25) is 14.5 Å². The molecule has 6 heteroatoms. The average molecular weight is 324 g/mol. The lowest BCUT2D eigenvalue weighted by molar-refractivity contribution is -0.139. The standard InChI is InChI=1S/C17H32N4O2/c1-17(2,3)13-15(22)21-9-4-5-14(21)16(23)19-8-12-20-10-6-18-7-11-20/h14,18H,4-13H2,1-3H3,(H,19,23). The van der Waals surface area contributed by atoms with Gasteiger partial charge in [0, 0.05) is 52.2 Å². The summed E-state index contributed by atoms with van der Waals surface area (Å²) in [6, 6.07) is -0.270. The Morgan fingerprint density at radius 1 is 1.17 bits per heavy atom. The van der Waals surface area contributed by atoms with E-state index in [0.717, 1.165) is 45.6 Å². The van der Waals surface area contributed by atoms with Gasteiger partial charge in [-0.05, 0) is 18.3 Å². The fourth-order valence-electron chi connectivity index (χ4n) is 3.28. The summed E-state index contributed by atoms with van der Waals surface area (Å²) < 4.78 is 0. The molecule has 0 saturated carbocycles. The van der Waals surface area contributed by atoms with E-state index in [1.165, 1.54) is 0 Å². The normalized spacial score (nSPS) is 23.1. The van der Waals surface area contributed by atoms with Crippen LogP contribution in [0.5, 0.6) is 0 Å². The molecule has 0 radical (unpaired) electrons. The fourth-order valence-corrected chi connectivity index (χ4v) is 3.28. The zero-order valence-corrected chi connectivity index (χ0v) is 14.9. The maximum atomic E-state index is 12.4. The Hall–Kier alpha value is -1.14. The van der Waals surface area contributed by atoms with Crippen LogP contribution in [0, 0.1) is 5.41 Å². The van der Waals surface area contributed by atoms with Crippen LogP contribution in [0.15, 0.2) is 0 Å². The number of carbonyl (C=O) groups is 2. The Balaban J connectivity index is 1.77. The molecule has 23 heavy (non-hydrogen) atoms. The van der Waals surface area contributed by atoms with Crippen LogP contribution in [0.1, 0.15) is 40.0 Å². The van der Waals surface area contributed by atoms with E-state index in [-0.39, 0.29) is 23.3 Å².